The number of rotatable bonds is 16. The van der Waals surface area contributed by atoms with E-state index in [1.165, 1.54) is 51.6 Å². The van der Waals surface area contributed by atoms with Gasteiger partial charge in [-0.1, -0.05) is 67.1 Å². The average Bonchev–Trinajstić information content (AvgIpc) is 3.87. The molecule has 0 spiro atoms. The van der Waals surface area contributed by atoms with Crippen molar-refractivity contribution >= 4 is 34.7 Å². The number of unbranched alkanes of at least 4 members (excludes halogenated alkanes) is 2. The van der Waals surface area contributed by atoms with E-state index >= 15 is 0 Å². The van der Waals surface area contributed by atoms with Crippen LogP contribution in [0.4, 0.5) is 16.3 Å². The Morgan fingerprint density at radius 2 is 1.64 bits per heavy atom. The molecule has 3 aromatic carbocycles. The van der Waals surface area contributed by atoms with Gasteiger partial charge in [-0.2, -0.15) is 0 Å². The maximum absolute atomic E-state index is 12.6. The van der Waals surface area contributed by atoms with Crippen molar-refractivity contribution < 1.29 is 43.7 Å². The van der Waals surface area contributed by atoms with Crippen LogP contribution in [0.15, 0.2) is 85.5 Å². The van der Waals surface area contributed by atoms with Crippen molar-refractivity contribution in [3.8, 4) is 11.1 Å². The zero-order chi connectivity index (χ0) is 38.3. The Labute approximate surface area is 315 Å². The largest absolute Gasteiger partial charge is 0.465 e. The highest BCUT2D eigenvalue weighted by molar-refractivity contribution is 5.93. The van der Waals surface area contributed by atoms with E-state index in [4.69, 9.17) is 18.9 Å². The van der Waals surface area contributed by atoms with Crippen LogP contribution in [0.5, 0.6) is 0 Å². The van der Waals surface area contributed by atoms with E-state index in [0.29, 0.717) is 25.7 Å². The third-order valence-corrected chi connectivity index (χ3v) is 9.82. The second kappa shape index (κ2) is 17.1. The third kappa shape index (κ3) is 8.32. The fraction of sp³-hybridized carbons (Fsp3) is 0.359. The number of nitrogens with zero attached hydrogens (tertiary/aromatic N) is 5. The van der Waals surface area contributed by atoms with Crippen LogP contribution in [0.2, 0.25) is 0 Å². The number of hydrogen-bond acceptors (Lipinski definition) is 13. The van der Waals surface area contributed by atoms with Crippen LogP contribution in [0.1, 0.15) is 54.5 Å². The topological polar surface area (TPSA) is 210 Å². The molecule has 0 saturated carbocycles. The number of esters is 1. The number of imidazole rings is 1. The van der Waals surface area contributed by atoms with Gasteiger partial charge in [0.1, 0.15) is 31.2 Å². The molecule has 0 bridgehead atoms. The smallest absolute Gasteiger partial charge is 0.412 e. The number of benzene rings is 3. The summed E-state index contributed by atoms with van der Waals surface area (Å²) in [6, 6.07) is 22.4. The first-order valence-electron chi connectivity index (χ1n) is 18.1. The van der Waals surface area contributed by atoms with Gasteiger partial charge in [-0.25, -0.2) is 19.7 Å². The number of aromatic nitrogens is 4. The van der Waals surface area contributed by atoms with Gasteiger partial charge in [0.05, 0.1) is 24.5 Å². The number of nitro benzene ring substituents is 1. The van der Waals surface area contributed by atoms with Gasteiger partial charge in [-0.15, -0.1) is 0 Å². The van der Waals surface area contributed by atoms with Crippen LogP contribution in [-0.4, -0.2) is 91.5 Å². The lowest BCUT2D eigenvalue weighted by atomic mass is 9.98. The minimum atomic E-state index is -1.19. The molecule has 3 N–H and O–H groups in total. The number of carbonyl (C=O) groups excluding carboxylic acids is 2. The Morgan fingerprint density at radius 1 is 0.909 bits per heavy atom. The SMILES string of the molecule is O=C(CCCCCO[C@H]1[C@@H](O)[C@H](n2cnc3c(NC(=O)OCCc4ccc([N+](=O)[O-])cc4)ncnc32)O[C@@H]1CO)OCC1c2ccccc2-c2ccccc21. The van der Waals surface area contributed by atoms with Crippen molar-refractivity contribution in [2.45, 2.75) is 62.6 Å². The zero-order valence-electron chi connectivity index (χ0n) is 29.7. The van der Waals surface area contributed by atoms with Gasteiger partial charge in [-0.05, 0) is 40.7 Å². The first-order chi connectivity index (χ1) is 26.8. The van der Waals surface area contributed by atoms with Gasteiger partial charge in [-0.3, -0.25) is 24.8 Å². The molecule has 1 fully saturated rings. The van der Waals surface area contributed by atoms with Crippen LogP contribution in [0, 0.1) is 10.1 Å². The van der Waals surface area contributed by atoms with Crippen molar-refractivity contribution in [3.05, 3.63) is 112 Å². The van der Waals surface area contributed by atoms with Gasteiger partial charge < -0.3 is 29.2 Å². The molecule has 1 saturated heterocycles. The minimum absolute atomic E-state index is 0.0108. The molecule has 16 nitrogen and oxygen atoms in total. The second-order valence-corrected chi connectivity index (χ2v) is 13.3. The van der Waals surface area contributed by atoms with Gasteiger partial charge in [0.15, 0.2) is 23.2 Å². The molecule has 7 rings (SSSR count). The first kappa shape index (κ1) is 37.5. The Bertz CT molecular complexity index is 2100. The monoisotopic (exact) mass is 752 g/mol. The Kier molecular flexibility index (Phi) is 11.7. The highest BCUT2D eigenvalue weighted by atomic mass is 16.6. The predicted molar refractivity (Wildman–Crippen MR) is 197 cm³/mol. The number of anilines is 1. The quantitative estimate of drug-likeness (QED) is 0.0521. The highest BCUT2D eigenvalue weighted by Crippen LogP contribution is 2.44. The Balaban J connectivity index is 0.854. The third-order valence-electron chi connectivity index (χ3n) is 9.82. The molecule has 0 unspecified atom stereocenters. The number of amides is 1. The van der Waals surface area contributed by atoms with Crippen molar-refractivity contribution in [2.24, 2.45) is 0 Å². The van der Waals surface area contributed by atoms with Crippen molar-refractivity contribution in [3.63, 3.8) is 0 Å². The molecule has 1 aliphatic heterocycles. The number of aliphatic hydroxyl groups excluding tert-OH is 2. The molecular weight excluding hydrogens is 712 g/mol. The number of hydrogen-bond donors (Lipinski definition) is 3. The summed E-state index contributed by atoms with van der Waals surface area (Å²) in [5.74, 6) is -0.171. The van der Waals surface area contributed by atoms with Crippen molar-refractivity contribution in [1.82, 2.24) is 19.5 Å². The fourth-order valence-corrected chi connectivity index (χ4v) is 7.07. The molecule has 2 aromatic heterocycles. The fourth-order valence-electron chi connectivity index (χ4n) is 7.07. The summed E-state index contributed by atoms with van der Waals surface area (Å²) in [6.45, 7) is 0.166. The van der Waals surface area contributed by atoms with E-state index in [9.17, 15) is 29.9 Å². The second-order valence-electron chi connectivity index (χ2n) is 13.3. The van der Waals surface area contributed by atoms with E-state index in [1.54, 1.807) is 12.1 Å². The van der Waals surface area contributed by atoms with Crippen LogP contribution < -0.4 is 5.32 Å². The summed E-state index contributed by atoms with van der Waals surface area (Å²) in [7, 11) is 0. The van der Waals surface area contributed by atoms with E-state index < -0.39 is 42.2 Å². The summed E-state index contributed by atoms with van der Waals surface area (Å²) >= 11 is 0. The molecule has 3 heterocycles. The lowest BCUT2D eigenvalue weighted by molar-refractivity contribution is -0.384. The first-order valence-corrected chi connectivity index (χ1v) is 18.1. The molecule has 5 aromatic rings. The maximum atomic E-state index is 12.6. The molecule has 16 heteroatoms. The van der Waals surface area contributed by atoms with Crippen molar-refractivity contribution in [2.75, 3.05) is 31.7 Å². The highest BCUT2D eigenvalue weighted by Gasteiger charge is 2.46. The normalized spacial score (nSPS) is 18.9. The molecule has 0 radical (unpaired) electrons. The number of nitrogens with one attached hydrogen (secondary N) is 1. The summed E-state index contributed by atoms with van der Waals surface area (Å²) in [4.78, 5) is 48.2. The molecule has 1 aliphatic carbocycles. The number of nitro groups is 1. The molecule has 1 amide bonds. The minimum Gasteiger partial charge on any atom is -0.465 e. The van der Waals surface area contributed by atoms with Crippen LogP contribution >= 0.6 is 0 Å². The van der Waals surface area contributed by atoms with Crippen LogP contribution in [0.25, 0.3) is 22.3 Å². The summed E-state index contributed by atoms with van der Waals surface area (Å²) < 4.78 is 24.4. The lowest BCUT2D eigenvalue weighted by Crippen LogP contribution is -2.36. The summed E-state index contributed by atoms with van der Waals surface area (Å²) in [6.07, 6.45) is 0.480. The standard InChI is InChI=1S/C39H40N6O10/c46-20-31-35(52-18-7-1-2-12-32(47)54-21-30-28-10-5-3-8-26(28)27-9-4-6-11-29(27)30)34(48)38(55-31)44-23-42-33-36(40-22-41-37(33)44)43-39(49)53-19-17-24-13-15-25(16-14-24)45(50)51/h3-6,8-11,13-16,22-23,30-31,34-35,38,46,48H,1-2,7,12,17-21H2,(H,40,41,43,49)/t31-,34-,35-,38-/m1/s1. The van der Waals surface area contributed by atoms with E-state index in [1.807, 2.05) is 24.3 Å². The molecular formula is C39H40N6O10. The van der Waals surface area contributed by atoms with E-state index in [-0.39, 0.29) is 60.8 Å². The summed E-state index contributed by atoms with van der Waals surface area (Å²) in [5, 5.41) is 34.7. The van der Waals surface area contributed by atoms with Gasteiger partial charge in [0.2, 0.25) is 0 Å². The maximum Gasteiger partial charge on any atom is 0.412 e. The average molecular weight is 753 g/mol. The Hall–Kier alpha value is -5.81. The number of carbonyl (C=O) groups is 2. The summed E-state index contributed by atoms with van der Waals surface area (Å²) in [5.41, 5.74) is 5.88. The van der Waals surface area contributed by atoms with E-state index in [2.05, 4.69) is 44.5 Å². The van der Waals surface area contributed by atoms with E-state index in [0.717, 1.165) is 5.56 Å². The molecule has 4 atom stereocenters. The van der Waals surface area contributed by atoms with Crippen LogP contribution in [0.3, 0.4) is 0 Å². The molecule has 286 valence electrons. The van der Waals surface area contributed by atoms with Crippen molar-refractivity contribution in [1.29, 1.82) is 0 Å². The zero-order valence-corrected chi connectivity index (χ0v) is 29.7. The van der Waals surface area contributed by atoms with Crippen LogP contribution in [-0.2, 0) is 30.2 Å². The Morgan fingerprint density at radius 3 is 2.35 bits per heavy atom. The lowest BCUT2D eigenvalue weighted by Gasteiger charge is -2.20. The molecule has 55 heavy (non-hydrogen) atoms. The van der Waals surface area contributed by atoms with Gasteiger partial charge in [0, 0.05) is 37.5 Å². The predicted octanol–water partition coefficient (Wildman–Crippen LogP) is 5.08. The molecule has 2 aliphatic rings. The van der Waals surface area contributed by atoms with Gasteiger partial charge >= 0.3 is 12.1 Å². The number of non-ortho nitro benzene ring substituents is 1. The van der Waals surface area contributed by atoms with Gasteiger partial charge in [0.25, 0.3) is 5.69 Å². The number of fused-ring (bicyclic) bond motifs is 4. The number of ether oxygens (including phenoxy) is 4. The number of aliphatic hydroxyl groups is 2.